The number of nitrogens with zero attached hydrogens (tertiary/aromatic N) is 4. The normalized spacial score (nSPS) is 10.9. The van der Waals surface area contributed by atoms with E-state index in [0.717, 1.165) is 17.1 Å². The lowest BCUT2D eigenvalue weighted by atomic mass is 10.1. The van der Waals surface area contributed by atoms with Gasteiger partial charge in [0.2, 0.25) is 0 Å². The fourth-order valence-corrected chi connectivity index (χ4v) is 3.37. The Morgan fingerprint density at radius 3 is 2.11 bits per heavy atom. The number of para-hydroxylation sites is 2. The van der Waals surface area contributed by atoms with Crippen LogP contribution < -0.4 is 21.3 Å². The lowest BCUT2D eigenvalue weighted by Crippen LogP contribution is -2.36. The number of carbonyl (C=O) groups is 2. The number of rotatable bonds is 12. The van der Waals surface area contributed by atoms with Gasteiger partial charge >= 0.3 is 5.97 Å². The third-order valence-electron chi connectivity index (χ3n) is 5.28. The molecule has 3 aromatic rings. The number of hydrogen-bond acceptors (Lipinski definition) is 8. The van der Waals surface area contributed by atoms with E-state index in [9.17, 15) is 14.7 Å². The average molecular weight is 491 g/mol. The number of azo groups is 1. The van der Waals surface area contributed by atoms with Gasteiger partial charge in [-0.15, -0.1) is 0 Å². The predicted octanol–water partition coefficient (Wildman–Crippen LogP) is 3.83. The summed E-state index contributed by atoms with van der Waals surface area (Å²) >= 11 is 0. The number of amides is 1. The molecule has 0 saturated heterocycles. The van der Waals surface area contributed by atoms with Crippen LogP contribution in [-0.4, -0.2) is 56.9 Å². The van der Waals surface area contributed by atoms with Gasteiger partial charge in [-0.2, -0.15) is 10.2 Å². The molecule has 3 aromatic carbocycles. The number of carboxylic acids is 1. The fraction of sp³-hybridized carbons (Fsp3) is 0.231. The monoisotopic (exact) mass is 490 g/mol. The second-order valence-corrected chi connectivity index (χ2v) is 7.93. The number of aliphatic carboxylic acids is 1. The van der Waals surface area contributed by atoms with Crippen LogP contribution in [0.4, 0.5) is 28.4 Å². The van der Waals surface area contributed by atoms with Crippen LogP contribution in [0.3, 0.4) is 0 Å². The molecule has 0 radical (unpaired) electrons. The Bertz CT molecular complexity index is 1180. The molecule has 3 rings (SSSR count). The largest absolute Gasteiger partial charge is 0.480 e. The number of anilines is 3. The first kappa shape index (κ1) is 26.3. The van der Waals surface area contributed by atoms with E-state index in [-0.39, 0.29) is 0 Å². The maximum absolute atomic E-state index is 13.0. The van der Waals surface area contributed by atoms with E-state index in [1.165, 1.54) is 0 Å². The Hall–Kier alpha value is -4.28. The quantitative estimate of drug-likeness (QED) is 0.199. The van der Waals surface area contributed by atoms with Gasteiger partial charge in [-0.05, 0) is 60.7 Å². The maximum atomic E-state index is 13.0. The molecule has 0 unspecified atom stereocenters. The molecule has 0 atom stereocenters. The van der Waals surface area contributed by atoms with E-state index >= 15 is 0 Å². The number of nitrogen functional groups attached to an aromatic ring is 1. The molecule has 36 heavy (non-hydrogen) atoms. The van der Waals surface area contributed by atoms with Crippen molar-refractivity contribution in [3.05, 3.63) is 78.4 Å². The van der Waals surface area contributed by atoms with Crippen LogP contribution in [0.25, 0.3) is 0 Å². The van der Waals surface area contributed by atoms with Crippen molar-refractivity contribution in [2.24, 2.45) is 16.0 Å². The zero-order chi connectivity index (χ0) is 25.9. The van der Waals surface area contributed by atoms with Gasteiger partial charge in [-0.25, -0.2) is 0 Å². The Balaban J connectivity index is 1.65. The highest BCUT2D eigenvalue weighted by Gasteiger charge is 2.22. The van der Waals surface area contributed by atoms with Gasteiger partial charge in [-0.1, -0.05) is 12.1 Å². The number of carbonyl (C=O) groups excluding carboxylic acids is 1. The highest BCUT2D eigenvalue weighted by molar-refractivity contribution is 6.09. The number of ether oxygens (including phenoxy) is 1. The number of likely N-dealkylation sites (N-methyl/N-ethyl adjacent to an activating group) is 1. The first-order chi connectivity index (χ1) is 17.4. The van der Waals surface area contributed by atoms with Crippen molar-refractivity contribution >= 4 is 40.3 Å². The molecule has 10 nitrogen and oxygen atoms in total. The molecule has 0 spiro atoms. The summed E-state index contributed by atoms with van der Waals surface area (Å²) in [4.78, 5) is 27.6. The van der Waals surface area contributed by atoms with Gasteiger partial charge < -0.3 is 26.2 Å². The fourth-order valence-electron chi connectivity index (χ4n) is 3.37. The average Bonchev–Trinajstić information content (AvgIpc) is 2.89. The summed E-state index contributed by atoms with van der Waals surface area (Å²) in [6.45, 7) is 1.88. The minimum Gasteiger partial charge on any atom is -0.480 e. The molecular formula is C26H30N6O4. The number of carboxylic acid groups (broad SMARTS) is 1. The molecule has 0 aliphatic carbocycles. The van der Waals surface area contributed by atoms with Crippen molar-refractivity contribution < 1.29 is 19.4 Å². The van der Waals surface area contributed by atoms with E-state index in [1.807, 2.05) is 31.3 Å². The van der Waals surface area contributed by atoms with Crippen molar-refractivity contribution in [3.8, 4) is 0 Å². The summed E-state index contributed by atoms with van der Waals surface area (Å²) in [6, 6.07) is 20.7. The van der Waals surface area contributed by atoms with Crippen molar-refractivity contribution in [1.82, 2.24) is 0 Å². The van der Waals surface area contributed by atoms with Crippen LogP contribution in [0.15, 0.2) is 83.0 Å². The van der Waals surface area contributed by atoms with Crippen LogP contribution in [0.2, 0.25) is 0 Å². The summed E-state index contributed by atoms with van der Waals surface area (Å²) in [7, 11) is 1.98. The number of hydrogen-bond donors (Lipinski definition) is 3. The Kier molecular flexibility index (Phi) is 9.49. The number of nitrogens with two attached hydrogens (primary N) is 2. The third-order valence-corrected chi connectivity index (χ3v) is 5.28. The second kappa shape index (κ2) is 13.0. The van der Waals surface area contributed by atoms with E-state index in [2.05, 4.69) is 15.1 Å². The molecule has 5 N–H and O–H groups in total. The molecule has 0 aromatic heterocycles. The van der Waals surface area contributed by atoms with Gasteiger partial charge in [-0.3, -0.25) is 14.5 Å². The maximum Gasteiger partial charge on any atom is 0.323 e. The predicted molar refractivity (Wildman–Crippen MR) is 140 cm³/mol. The van der Waals surface area contributed by atoms with Gasteiger partial charge in [0.05, 0.1) is 36.0 Å². The highest BCUT2D eigenvalue weighted by atomic mass is 16.5. The van der Waals surface area contributed by atoms with Crippen molar-refractivity contribution in [1.29, 1.82) is 0 Å². The zero-order valence-electron chi connectivity index (χ0n) is 20.1. The standard InChI is InChI=1S/C26H30N6O4/c1-31(15-17-36-16-14-27)22-12-10-21(11-13-22)30-29-20-8-6-19(7-9-20)26(35)32(18-25(33)34)24-5-3-2-4-23(24)28/h2-13H,14-18,27-28H2,1H3,(H,33,34). The minimum absolute atomic E-state index is 0.307. The molecule has 188 valence electrons. The minimum atomic E-state index is -1.14. The van der Waals surface area contributed by atoms with Crippen molar-refractivity contribution in [3.63, 3.8) is 0 Å². The highest BCUT2D eigenvalue weighted by Crippen LogP contribution is 2.26. The Labute approximate surface area is 209 Å². The van der Waals surface area contributed by atoms with Crippen molar-refractivity contribution in [2.45, 2.75) is 0 Å². The molecule has 0 aliphatic rings. The zero-order valence-corrected chi connectivity index (χ0v) is 20.1. The van der Waals surface area contributed by atoms with Crippen LogP contribution in [0, 0.1) is 0 Å². The lowest BCUT2D eigenvalue weighted by Gasteiger charge is -2.22. The van der Waals surface area contributed by atoms with Crippen LogP contribution in [0.1, 0.15) is 10.4 Å². The first-order valence-corrected chi connectivity index (χ1v) is 11.4. The van der Waals surface area contributed by atoms with E-state index in [1.54, 1.807) is 48.5 Å². The summed E-state index contributed by atoms with van der Waals surface area (Å²) in [5.74, 6) is -1.62. The van der Waals surface area contributed by atoms with Crippen LogP contribution in [0.5, 0.6) is 0 Å². The Morgan fingerprint density at radius 2 is 1.53 bits per heavy atom. The smallest absolute Gasteiger partial charge is 0.323 e. The first-order valence-electron chi connectivity index (χ1n) is 11.4. The van der Waals surface area contributed by atoms with Gasteiger partial charge in [0.15, 0.2) is 0 Å². The summed E-state index contributed by atoms with van der Waals surface area (Å²) in [5.41, 5.74) is 14.6. The second-order valence-electron chi connectivity index (χ2n) is 7.93. The molecule has 10 heteroatoms. The van der Waals surface area contributed by atoms with Gasteiger partial charge in [0.1, 0.15) is 6.54 Å². The van der Waals surface area contributed by atoms with Crippen LogP contribution in [-0.2, 0) is 9.53 Å². The molecule has 0 saturated carbocycles. The molecule has 0 bridgehead atoms. The van der Waals surface area contributed by atoms with Gasteiger partial charge in [0, 0.05) is 31.4 Å². The van der Waals surface area contributed by atoms with E-state index in [0.29, 0.717) is 48.1 Å². The number of benzene rings is 3. The third kappa shape index (κ3) is 7.36. The molecule has 1 amide bonds. The molecule has 0 fully saturated rings. The topological polar surface area (TPSA) is 147 Å². The van der Waals surface area contributed by atoms with E-state index < -0.39 is 18.4 Å². The molecular weight excluding hydrogens is 460 g/mol. The van der Waals surface area contributed by atoms with Crippen LogP contribution >= 0.6 is 0 Å². The summed E-state index contributed by atoms with van der Waals surface area (Å²) in [6.07, 6.45) is 0. The Morgan fingerprint density at radius 1 is 0.917 bits per heavy atom. The summed E-state index contributed by atoms with van der Waals surface area (Å²) in [5, 5.41) is 17.8. The lowest BCUT2D eigenvalue weighted by molar-refractivity contribution is -0.135. The van der Waals surface area contributed by atoms with E-state index in [4.69, 9.17) is 16.2 Å². The SMILES string of the molecule is CN(CCOCCN)c1ccc(N=Nc2ccc(C(=O)N(CC(=O)O)c3ccccc3N)cc2)cc1. The van der Waals surface area contributed by atoms with Crippen molar-refractivity contribution in [2.75, 3.05) is 55.4 Å². The molecule has 0 heterocycles. The summed E-state index contributed by atoms with van der Waals surface area (Å²) < 4.78 is 5.41. The molecule has 0 aliphatic heterocycles. The van der Waals surface area contributed by atoms with Gasteiger partial charge in [0.25, 0.3) is 5.91 Å².